The number of rotatable bonds is 7. The van der Waals surface area contributed by atoms with Crippen LogP contribution in [0.2, 0.25) is 5.02 Å². The maximum absolute atomic E-state index is 13.5. The Morgan fingerprint density at radius 2 is 2.03 bits per heavy atom. The highest BCUT2D eigenvalue weighted by Gasteiger charge is 2.55. The van der Waals surface area contributed by atoms with Crippen LogP contribution in [0, 0.1) is 5.92 Å². The number of likely N-dealkylation sites (tertiary alicyclic amines) is 1. The lowest BCUT2D eigenvalue weighted by molar-refractivity contribution is -0.135. The molecule has 170 valence electrons. The minimum atomic E-state index is -0.793. The Bertz CT molecular complexity index is 821. The second-order valence-corrected chi connectivity index (χ2v) is 9.45. The van der Waals surface area contributed by atoms with Crippen LogP contribution < -0.4 is 5.32 Å². The number of halogens is 1. The van der Waals surface area contributed by atoms with Crippen molar-refractivity contribution in [3.05, 3.63) is 28.8 Å². The number of hydrogen-bond donors (Lipinski definition) is 2. The SMILES string of the molecule is CCC[C@@]1(C2CCN(Cc3ccc(O)c(Cl)c3)CC2)NC(=O)N(C[C@H]2CCCO2)C1=O. The molecular formula is C23H32ClN3O4. The quantitative estimate of drug-likeness (QED) is 0.622. The third-order valence-electron chi connectivity index (χ3n) is 6.96. The topological polar surface area (TPSA) is 82.1 Å². The number of nitrogens with one attached hydrogen (secondary N) is 1. The van der Waals surface area contributed by atoms with Gasteiger partial charge in [0, 0.05) is 13.2 Å². The number of piperidine rings is 1. The number of ether oxygens (including phenoxy) is 1. The van der Waals surface area contributed by atoms with Gasteiger partial charge in [-0.25, -0.2) is 4.79 Å². The molecule has 1 aromatic rings. The van der Waals surface area contributed by atoms with E-state index in [9.17, 15) is 14.7 Å². The number of carbonyl (C=O) groups is 2. The molecule has 3 fully saturated rings. The molecule has 0 bridgehead atoms. The van der Waals surface area contributed by atoms with Crippen LogP contribution >= 0.6 is 11.6 Å². The van der Waals surface area contributed by atoms with Crippen LogP contribution in [-0.2, 0) is 16.1 Å². The van der Waals surface area contributed by atoms with Crippen molar-refractivity contribution in [2.24, 2.45) is 5.92 Å². The predicted molar refractivity (Wildman–Crippen MR) is 118 cm³/mol. The van der Waals surface area contributed by atoms with Gasteiger partial charge in [0.15, 0.2) is 0 Å². The molecule has 3 amide bonds. The number of benzene rings is 1. The summed E-state index contributed by atoms with van der Waals surface area (Å²) in [6, 6.07) is 5.03. The molecule has 7 nitrogen and oxygen atoms in total. The van der Waals surface area contributed by atoms with Crippen molar-refractivity contribution in [3.63, 3.8) is 0 Å². The van der Waals surface area contributed by atoms with Crippen molar-refractivity contribution in [2.45, 2.75) is 63.6 Å². The van der Waals surface area contributed by atoms with Gasteiger partial charge in [0.1, 0.15) is 11.3 Å². The molecule has 0 aromatic heterocycles. The maximum atomic E-state index is 13.5. The van der Waals surface area contributed by atoms with Gasteiger partial charge in [-0.15, -0.1) is 0 Å². The summed E-state index contributed by atoms with van der Waals surface area (Å²) in [5.74, 6) is 0.144. The summed E-state index contributed by atoms with van der Waals surface area (Å²) in [6.07, 6.45) is 5.06. The Morgan fingerprint density at radius 3 is 2.68 bits per heavy atom. The number of amides is 3. The number of nitrogens with zero attached hydrogens (tertiary/aromatic N) is 2. The van der Waals surface area contributed by atoms with Gasteiger partial charge in [-0.05, 0) is 68.8 Å². The fraction of sp³-hybridized carbons (Fsp3) is 0.652. The fourth-order valence-electron chi connectivity index (χ4n) is 5.34. The lowest BCUT2D eigenvalue weighted by Gasteiger charge is -2.41. The molecule has 2 atom stereocenters. The third-order valence-corrected chi connectivity index (χ3v) is 7.26. The first-order valence-corrected chi connectivity index (χ1v) is 11.8. The zero-order chi connectivity index (χ0) is 22.0. The van der Waals surface area contributed by atoms with E-state index in [2.05, 4.69) is 17.1 Å². The molecule has 3 heterocycles. The molecule has 0 aliphatic carbocycles. The Hall–Kier alpha value is -1.83. The minimum absolute atomic E-state index is 0.0360. The van der Waals surface area contributed by atoms with Gasteiger partial charge in [-0.1, -0.05) is 31.0 Å². The molecule has 0 spiro atoms. The zero-order valence-electron chi connectivity index (χ0n) is 18.1. The lowest BCUT2D eigenvalue weighted by atomic mass is 9.74. The van der Waals surface area contributed by atoms with Crippen LogP contribution in [0.5, 0.6) is 5.75 Å². The van der Waals surface area contributed by atoms with Gasteiger partial charge in [0.05, 0.1) is 17.7 Å². The summed E-state index contributed by atoms with van der Waals surface area (Å²) in [5, 5.41) is 13.1. The monoisotopic (exact) mass is 449 g/mol. The van der Waals surface area contributed by atoms with Gasteiger partial charge >= 0.3 is 6.03 Å². The molecule has 0 saturated carbocycles. The molecule has 31 heavy (non-hydrogen) atoms. The van der Waals surface area contributed by atoms with Crippen LogP contribution in [0.15, 0.2) is 18.2 Å². The molecule has 0 radical (unpaired) electrons. The van der Waals surface area contributed by atoms with Gasteiger partial charge in [-0.3, -0.25) is 14.6 Å². The summed E-state index contributed by atoms with van der Waals surface area (Å²) >= 11 is 6.04. The Morgan fingerprint density at radius 1 is 1.26 bits per heavy atom. The summed E-state index contributed by atoms with van der Waals surface area (Å²) in [4.78, 5) is 30.0. The van der Waals surface area contributed by atoms with Gasteiger partial charge in [0.2, 0.25) is 0 Å². The van der Waals surface area contributed by atoms with Gasteiger partial charge < -0.3 is 15.2 Å². The number of aromatic hydroxyl groups is 1. The largest absolute Gasteiger partial charge is 0.506 e. The molecule has 8 heteroatoms. The van der Waals surface area contributed by atoms with E-state index < -0.39 is 5.54 Å². The van der Waals surface area contributed by atoms with Crippen LogP contribution in [0.4, 0.5) is 4.79 Å². The maximum Gasteiger partial charge on any atom is 0.325 e. The van der Waals surface area contributed by atoms with Crippen molar-refractivity contribution in [1.29, 1.82) is 0 Å². The number of imide groups is 1. The average Bonchev–Trinajstić information content (AvgIpc) is 3.35. The van der Waals surface area contributed by atoms with Crippen molar-refractivity contribution >= 4 is 23.5 Å². The minimum Gasteiger partial charge on any atom is -0.506 e. The molecule has 3 aliphatic rings. The Kier molecular flexibility index (Phi) is 6.74. The van der Waals surface area contributed by atoms with Crippen molar-refractivity contribution in [2.75, 3.05) is 26.2 Å². The second kappa shape index (κ2) is 9.35. The number of carbonyl (C=O) groups excluding carboxylic acids is 2. The normalized spacial score (nSPS) is 27.8. The van der Waals surface area contributed by atoms with E-state index in [1.54, 1.807) is 12.1 Å². The molecule has 2 N–H and O–H groups in total. The highest BCUT2D eigenvalue weighted by atomic mass is 35.5. The highest BCUT2D eigenvalue weighted by Crippen LogP contribution is 2.38. The summed E-state index contributed by atoms with van der Waals surface area (Å²) in [7, 11) is 0. The zero-order valence-corrected chi connectivity index (χ0v) is 18.9. The van der Waals surface area contributed by atoms with Crippen LogP contribution in [0.3, 0.4) is 0 Å². The van der Waals surface area contributed by atoms with Crippen LogP contribution in [0.25, 0.3) is 0 Å². The van der Waals surface area contributed by atoms with E-state index in [1.807, 2.05) is 6.07 Å². The molecule has 3 saturated heterocycles. The van der Waals surface area contributed by atoms with Crippen molar-refractivity contribution < 1.29 is 19.4 Å². The first-order valence-electron chi connectivity index (χ1n) is 11.4. The van der Waals surface area contributed by atoms with Crippen LogP contribution in [0.1, 0.15) is 51.0 Å². The average molecular weight is 450 g/mol. The first-order chi connectivity index (χ1) is 14.9. The van der Waals surface area contributed by atoms with E-state index in [0.29, 0.717) is 24.6 Å². The van der Waals surface area contributed by atoms with E-state index in [1.165, 1.54) is 4.90 Å². The fourth-order valence-corrected chi connectivity index (χ4v) is 5.54. The van der Waals surface area contributed by atoms with E-state index in [-0.39, 0.29) is 29.7 Å². The van der Waals surface area contributed by atoms with Crippen LogP contribution in [-0.4, -0.2) is 64.7 Å². The molecule has 0 unspecified atom stereocenters. The van der Waals surface area contributed by atoms with Crippen molar-refractivity contribution in [1.82, 2.24) is 15.1 Å². The lowest BCUT2D eigenvalue weighted by Crippen LogP contribution is -2.56. The van der Waals surface area contributed by atoms with E-state index in [0.717, 1.165) is 57.3 Å². The standard InChI is InChI=1S/C23H32ClN3O4/c1-2-9-23(21(29)27(22(30)25-23)15-18-4-3-12-31-18)17-7-10-26(11-8-17)14-16-5-6-20(28)19(24)13-16/h5-6,13,17-18,28H,2-4,7-12,14-15H2,1H3,(H,25,30)/t18-,23+/m1/s1. The van der Waals surface area contributed by atoms with Gasteiger partial charge in [-0.2, -0.15) is 0 Å². The summed E-state index contributed by atoms with van der Waals surface area (Å²) < 4.78 is 5.67. The Balaban J connectivity index is 1.41. The number of phenols is 1. The number of urea groups is 1. The van der Waals surface area contributed by atoms with E-state index >= 15 is 0 Å². The molecular weight excluding hydrogens is 418 g/mol. The van der Waals surface area contributed by atoms with Crippen molar-refractivity contribution in [3.8, 4) is 5.75 Å². The summed E-state index contributed by atoms with van der Waals surface area (Å²) in [6.45, 7) is 5.58. The molecule has 4 rings (SSSR count). The number of phenolic OH excluding ortho intramolecular Hbond substituents is 1. The van der Waals surface area contributed by atoms with E-state index in [4.69, 9.17) is 16.3 Å². The van der Waals surface area contributed by atoms with Gasteiger partial charge in [0.25, 0.3) is 5.91 Å². The third kappa shape index (κ3) is 4.54. The predicted octanol–water partition coefficient (Wildman–Crippen LogP) is 3.53. The first kappa shape index (κ1) is 22.4. The molecule has 1 aromatic carbocycles. The second-order valence-electron chi connectivity index (χ2n) is 9.04. The Labute approximate surface area is 188 Å². The highest BCUT2D eigenvalue weighted by molar-refractivity contribution is 6.32. The number of hydrogen-bond acceptors (Lipinski definition) is 5. The molecule has 3 aliphatic heterocycles. The smallest absolute Gasteiger partial charge is 0.325 e. The summed E-state index contributed by atoms with van der Waals surface area (Å²) in [5.41, 5.74) is 0.260.